The highest BCUT2D eigenvalue weighted by Gasteiger charge is 2.42. The largest absolute Gasteiger partial charge is 0.497 e. The van der Waals surface area contributed by atoms with Crippen LogP contribution in [0.15, 0.2) is 24.3 Å². The highest BCUT2D eigenvalue weighted by molar-refractivity contribution is 5.82. The fraction of sp³-hybridized carbons (Fsp3) is 0.500. The predicted octanol–water partition coefficient (Wildman–Crippen LogP) is 1.44. The molecule has 18 heavy (non-hydrogen) atoms. The molecule has 2 atom stereocenters. The van der Waals surface area contributed by atoms with Crippen molar-refractivity contribution < 1.29 is 14.3 Å². The third-order valence-corrected chi connectivity index (χ3v) is 3.77. The number of nitrogens with zero attached hydrogens (tertiary/aromatic N) is 1. The Morgan fingerprint density at radius 3 is 2.78 bits per heavy atom. The standard InChI is InChI=1S/C14H17NO3/c1-17-13-4-2-10(3-5-13)7-15-12-6-11(14(15)16)8-18-9-12/h2-5,11-12H,6-9H2,1H3/t11-,12+/m1/s1. The Bertz CT molecular complexity index is 443. The molecule has 1 amide bonds. The average molecular weight is 247 g/mol. The van der Waals surface area contributed by atoms with Crippen LogP contribution in [-0.4, -0.2) is 37.2 Å². The van der Waals surface area contributed by atoms with Crippen LogP contribution in [0.4, 0.5) is 0 Å². The van der Waals surface area contributed by atoms with Gasteiger partial charge in [-0.05, 0) is 24.1 Å². The van der Waals surface area contributed by atoms with Gasteiger partial charge in [-0.2, -0.15) is 0 Å². The number of carbonyl (C=O) groups excluding carboxylic acids is 1. The molecule has 2 aliphatic rings. The Balaban J connectivity index is 1.73. The fourth-order valence-corrected chi connectivity index (χ4v) is 2.75. The van der Waals surface area contributed by atoms with E-state index in [9.17, 15) is 4.79 Å². The molecule has 4 heteroatoms. The van der Waals surface area contributed by atoms with Crippen molar-refractivity contribution in [2.24, 2.45) is 5.92 Å². The highest BCUT2D eigenvalue weighted by Crippen LogP contribution is 2.30. The number of hydrogen-bond donors (Lipinski definition) is 0. The molecule has 1 aromatic carbocycles. The number of ether oxygens (including phenoxy) is 2. The van der Waals surface area contributed by atoms with E-state index in [-0.39, 0.29) is 17.9 Å². The van der Waals surface area contributed by atoms with E-state index in [1.165, 1.54) is 0 Å². The molecule has 2 heterocycles. The van der Waals surface area contributed by atoms with Gasteiger partial charge in [0.25, 0.3) is 0 Å². The molecule has 3 rings (SSSR count). The molecule has 0 unspecified atom stereocenters. The van der Waals surface area contributed by atoms with Crippen molar-refractivity contribution in [2.45, 2.75) is 19.0 Å². The summed E-state index contributed by atoms with van der Waals surface area (Å²) in [6.45, 7) is 1.94. The summed E-state index contributed by atoms with van der Waals surface area (Å²) in [5.74, 6) is 1.17. The maximum absolute atomic E-state index is 12.1. The van der Waals surface area contributed by atoms with Gasteiger partial charge in [0.15, 0.2) is 0 Å². The topological polar surface area (TPSA) is 38.8 Å². The zero-order valence-electron chi connectivity index (χ0n) is 10.5. The maximum Gasteiger partial charge on any atom is 0.228 e. The number of hydrogen-bond acceptors (Lipinski definition) is 3. The minimum Gasteiger partial charge on any atom is -0.497 e. The van der Waals surface area contributed by atoms with Crippen LogP contribution < -0.4 is 4.74 Å². The fourth-order valence-electron chi connectivity index (χ4n) is 2.75. The lowest BCUT2D eigenvalue weighted by Crippen LogP contribution is -2.34. The van der Waals surface area contributed by atoms with E-state index in [2.05, 4.69) is 0 Å². The van der Waals surface area contributed by atoms with Crippen LogP contribution in [0.5, 0.6) is 5.75 Å². The van der Waals surface area contributed by atoms with E-state index in [4.69, 9.17) is 9.47 Å². The summed E-state index contributed by atoms with van der Waals surface area (Å²) >= 11 is 0. The second-order valence-electron chi connectivity index (χ2n) is 4.94. The van der Waals surface area contributed by atoms with Gasteiger partial charge in [0.05, 0.1) is 32.3 Å². The van der Waals surface area contributed by atoms with Gasteiger partial charge in [-0.25, -0.2) is 0 Å². The Kier molecular flexibility index (Phi) is 2.96. The van der Waals surface area contributed by atoms with Crippen LogP contribution >= 0.6 is 0 Å². The van der Waals surface area contributed by atoms with E-state index >= 15 is 0 Å². The molecule has 96 valence electrons. The molecule has 2 bridgehead atoms. The second kappa shape index (κ2) is 4.61. The van der Waals surface area contributed by atoms with Gasteiger partial charge in [-0.1, -0.05) is 12.1 Å². The number of likely N-dealkylation sites (tertiary alicyclic amines) is 1. The van der Waals surface area contributed by atoms with E-state index in [1.807, 2.05) is 29.2 Å². The van der Waals surface area contributed by atoms with Crippen molar-refractivity contribution in [1.82, 2.24) is 4.90 Å². The van der Waals surface area contributed by atoms with Gasteiger partial charge < -0.3 is 14.4 Å². The van der Waals surface area contributed by atoms with Crippen LogP contribution in [0.1, 0.15) is 12.0 Å². The Hall–Kier alpha value is -1.55. The summed E-state index contributed by atoms with van der Waals surface area (Å²) in [6, 6.07) is 8.14. The normalized spacial score (nSPS) is 26.5. The molecular weight excluding hydrogens is 230 g/mol. The molecular formula is C14H17NO3. The van der Waals surface area contributed by atoms with Gasteiger partial charge in [0.2, 0.25) is 5.91 Å². The van der Waals surface area contributed by atoms with Crippen molar-refractivity contribution in [3.63, 3.8) is 0 Å². The van der Waals surface area contributed by atoms with Crippen molar-refractivity contribution in [1.29, 1.82) is 0 Å². The Morgan fingerprint density at radius 1 is 1.33 bits per heavy atom. The first-order valence-electron chi connectivity index (χ1n) is 6.29. The van der Waals surface area contributed by atoms with Crippen LogP contribution in [0.2, 0.25) is 0 Å². The van der Waals surface area contributed by atoms with Crippen molar-refractivity contribution >= 4 is 5.91 Å². The van der Waals surface area contributed by atoms with E-state index in [1.54, 1.807) is 7.11 Å². The van der Waals surface area contributed by atoms with Crippen LogP contribution in [0.3, 0.4) is 0 Å². The number of amides is 1. The number of rotatable bonds is 3. The van der Waals surface area contributed by atoms with Gasteiger partial charge >= 0.3 is 0 Å². The average Bonchev–Trinajstić information content (AvgIpc) is 2.63. The Morgan fingerprint density at radius 2 is 2.11 bits per heavy atom. The van der Waals surface area contributed by atoms with Gasteiger partial charge in [0.1, 0.15) is 5.75 Å². The smallest absolute Gasteiger partial charge is 0.228 e. The minimum atomic E-state index is 0.0852. The zero-order chi connectivity index (χ0) is 12.5. The first-order chi connectivity index (χ1) is 8.78. The summed E-state index contributed by atoms with van der Waals surface area (Å²) in [7, 11) is 1.65. The first-order valence-corrected chi connectivity index (χ1v) is 6.29. The van der Waals surface area contributed by atoms with Crippen molar-refractivity contribution in [3.05, 3.63) is 29.8 Å². The molecule has 2 saturated heterocycles. The van der Waals surface area contributed by atoms with Crippen LogP contribution in [0.25, 0.3) is 0 Å². The lowest BCUT2D eigenvalue weighted by atomic mass is 10.0. The van der Waals surface area contributed by atoms with Crippen LogP contribution in [-0.2, 0) is 16.1 Å². The third-order valence-electron chi connectivity index (χ3n) is 3.77. The lowest BCUT2D eigenvalue weighted by Gasteiger charge is -2.24. The van der Waals surface area contributed by atoms with Crippen molar-refractivity contribution in [2.75, 3.05) is 20.3 Å². The van der Waals surface area contributed by atoms with Gasteiger partial charge in [0, 0.05) is 6.54 Å². The lowest BCUT2D eigenvalue weighted by molar-refractivity contribution is -0.131. The summed E-state index contributed by atoms with van der Waals surface area (Å²) in [6.07, 6.45) is 0.953. The quantitative estimate of drug-likeness (QED) is 0.811. The number of methoxy groups -OCH3 is 1. The van der Waals surface area contributed by atoms with Crippen LogP contribution in [0, 0.1) is 5.92 Å². The van der Waals surface area contributed by atoms with E-state index < -0.39 is 0 Å². The summed E-state index contributed by atoms with van der Waals surface area (Å²) in [5, 5.41) is 0. The molecule has 2 aliphatic heterocycles. The number of benzene rings is 1. The molecule has 0 aromatic heterocycles. The highest BCUT2D eigenvalue weighted by atomic mass is 16.5. The molecule has 0 saturated carbocycles. The summed E-state index contributed by atoms with van der Waals surface area (Å²) in [4.78, 5) is 14.1. The summed E-state index contributed by atoms with van der Waals surface area (Å²) in [5.41, 5.74) is 1.14. The van der Waals surface area contributed by atoms with Gasteiger partial charge in [-0.3, -0.25) is 4.79 Å². The third kappa shape index (κ3) is 1.97. The SMILES string of the molecule is COc1ccc(CN2C(=O)[C@H]3COC[C@@H]2C3)cc1. The molecule has 2 fully saturated rings. The summed E-state index contributed by atoms with van der Waals surface area (Å²) < 4.78 is 10.6. The minimum absolute atomic E-state index is 0.0852. The Labute approximate surface area is 106 Å². The maximum atomic E-state index is 12.1. The zero-order valence-corrected chi connectivity index (χ0v) is 10.5. The monoisotopic (exact) mass is 247 g/mol. The molecule has 0 aliphatic carbocycles. The molecule has 0 N–H and O–H groups in total. The molecule has 0 radical (unpaired) electrons. The van der Waals surface area contributed by atoms with E-state index in [0.717, 1.165) is 17.7 Å². The second-order valence-corrected chi connectivity index (χ2v) is 4.94. The van der Waals surface area contributed by atoms with Gasteiger partial charge in [-0.15, -0.1) is 0 Å². The number of carbonyl (C=O) groups is 1. The molecule has 0 spiro atoms. The number of fused-ring (bicyclic) bond motifs is 2. The molecule has 4 nitrogen and oxygen atoms in total. The van der Waals surface area contributed by atoms with E-state index in [0.29, 0.717) is 19.8 Å². The predicted molar refractivity (Wildman–Crippen MR) is 66.3 cm³/mol. The van der Waals surface area contributed by atoms with Crippen molar-refractivity contribution in [3.8, 4) is 5.75 Å². The first kappa shape index (κ1) is 11.5. The molecule has 1 aromatic rings.